The van der Waals surface area contributed by atoms with Crippen molar-refractivity contribution < 1.29 is 38.7 Å². The minimum Gasteiger partial charge on any atom is -0.480 e. The minimum absolute atomic E-state index is 0.0514. The Hall–Kier alpha value is -3.43. The van der Waals surface area contributed by atoms with E-state index in [-0.39, 0.29) is 62.4 Å². The van der Waals surface area contributed by atoms with E-state index in [9.17, 15) is 38.7 Å². The number of carbonyl (C=O) groups excluding carboxylic acids is 6. The molecule has 1 aliphatic carbocycles. The summed E-state index contributed by atoms with van der Waals surface area (Å²) in [6.45, 7) is 0.0514. The quantitative estimate of drug-likeness (QED) is 0.307. The molecule has 0 aromatic carbocycles. The molecule has 2 aliphatic rings. The number of nitrogens with zero attached hydrogens (tertiary/aromatic N) is 1. The summed E-state index contributed by atoms with van der Waals surface area (Å²) in [5, 5.41) is 11.6. The second-order valence-corrected chi connectivity index (χ2v) is 7.38. The van der Waals surface area contributed by atoms with Gasteiger partial charge in [0.2, 0.25) is 5.91 Å². The van der Waals surface area contributed by atoms with Gasteiger partial charge in [0.05, 0.1) is 5.92 Å². The van der Waals surface area contributed by atoms with Crippen LogP contribution in [0.15, 0.2) is 24.3 Å². The lowest BCUT2D eigenvalue weighted by Crippen LogP contribution is -2.41. The van der Waals surface area contributed by atoms with Gasteiger partial charge in [-0.2, -0.15) is 0 Å². The van der Waals surface area contributed by atoms with Gasteiger partial charge in [0.15, 0.2) is 11.6 Å². The Labute approximate surface area is 178 Å². The number of hydrogen-bond acceptors (Lipinski definition) is 7. The average molecular weight is 432 g/mol. The van der Waals surface area contributed by atoms with E-state index in [1.165, 1.54) is 12.2 Å². The van der Waals surface area contributed by atoms with Crippen molar-refractivity contribution >= 4 is 41.0 Å². The van der Waals surface area contributed by atoms with Crippen LogP contribution in [0, 0.1) is 5.92 Å². The second-order valence-electron chi connectivity index (χ2n) is 7.38. The van der Waals surface area contributed by atoms with Crippen LogP contribution < -0.4 is 5.32 Å². The lowest BCUT2D eigenvalue weighted by atomic mass is 9.96. The highest BCUT2D eigenvalue weighted by Crippen LogP contribution is 2.18. The van der Waals surface area contributed by atoms with E-state index in [1.807, 2.05) is 0 Å². The second kappa shape index (κ2) is 11.1. The Morgan fingerprint density at radius 3 is 2.10 bits per heavy atom. The van der Waals surface area contributed by atoms with E-state index in [0.29, 0.717) is 6.42 Å². The Balaban J connectivity index is 1.66. The van der Waals surface area contributed by atoms with Crippen molar-refractivity contribution in [1.29, 1.82) is 0 Å². The number of allylic oxidation sites excluding steroid dienone is 2. The van der Waals surface area contributed by atoms with E-state index in [1.54, 1.807) is 0 Å². The number of rotatable bonds is 13. The largest absolute Gasteiger partial charge is 0.480 e. The molecule has 3 amide bonds. The Morgan fingerprint density at radius 2 is 1.52 bits per heavy atom. The number of hydrogen-bond donors (Lipinski definition) is 2. The van der Waals surface area contributed by atoms with Crippen LogP contribution in [0.3, 0.4) is 0 Å². The van der Waals surface area contributed by atoms with Gasteiger partial charge >= 0.3 is 5.97 Å². The first-order valence-corrected chi connectivity index (χ1v) is 10.0. The molecule has 1 aliphatic heterocycles. The number of carboxylic acids is 1. The average Bonchev–Trinajstić information content (AvgIpc) is 3.20. The summed E-state index contributed by atoms with van der Waals surface area (Å²) >= 11 is 0. The Kier molecular flexibility index (Phi) is 8.53. The molecule has 0 saturated carbocycles. The number of carbonyl (C=O) groups is 7. The van der Waals surface area contributed by atoms with E-state index in [0.717, 1.165) is 17.1 Å². The molecule has 0 spiro atoms. The zero-order chi connectivity index (χ0) is 23.0. The van der Waals surface area contributed by atoms with Crippen LogP contribution in [-0.4, -0.2) is 63.6 Å². The molecule has 1 atom stereocenters. The highest BCUT2D eigenvalue weighted by molar-refractivity contribution is 6.18. The fourth-order valence-corrected chi connectivity index (χ4v) is 3.33. The first-order chi connectivity index (χ1) is 14.7. The van der Waals surface area contributed by atoms with Crippen LogP contribution in [0.5, 0.6) is 0 Å². The van der Waals surface area contributed by atoms with Crippen molar-refractivity contribution in [2.75, 3.05) is 6.54 Å². The van der Waals surface area contributed by atoms with Gasteiger partial charge in [-0.3, -0.25) is 33.7 Å². The third-order valence-corrected chi connectivity index (χ3v) is 5.08. The van der Waals surface area contributed by atoms with Gasteiger partial charge < -0.3 is 10.4 Å². The van der Waals surface area contributed by atoms with Crippen LogP contribution in [0.1, 0.15) is 44.9 Å². The third kappa shape index (κ3) is 7.09. The molecular formula is C21H24N2O8. The molecule has 0 fully saturated rings. The fourth-order valence-electron chi connectivity index (χ4n) is 3.33. The predicted molar refractivity (Wildman–Crippen MR) is 105 cm³/mol. The van der Waals surface area contributed by atoms with Crippen LogP contribution in [0.25, 0.3) is 0 Å². The number of imide groups is 1. The molecule has 166 valence electrons. The van der Waals surface area contributed by atoms with Gasteiger partial charge in [0, 0.05) is 38.0 Å². The predicted octanol–water partition coefficient (Wildman–Crippen LogP) is 0.105. The fraction of sp³-hybridized carbons (Fsp3) is 0.476. The molecule has 0 unspecified atom stereocenters. The zero-order valence-electron chi connectivity index (χ0n) is 16.9. The number of Topliss-reactive ketones (excluding diaryl/α,β-unsaturated/α-hetero) is 1. The molecule has 10 heteroatoms. The maximum Gasteiger partial charge on any atom is 0.326 e. The highest BCUT2D eigenvalue weighted by atomic mass is 16.4. The van der Waals surface area contributed by atoms with Gasteiger partial charge in [0.1, 0.15) is 11.8 Å². The first kappa shape index (κ1) is 23.8. The zero-order valence-corrected chi connectivity index (χ0v) is 16.9. The van der Waals surface area contributed by atoms with Crippen molar-refractivity contribution in [3.8, 4) is 0 Å². The van der Waals surface area contributed by atoms with Crippen LogP contribution in [0.4, 0.5) is 0 Å². The van der Waals surface area contributed by atoms with Crippen molar-refractivity contribution in [2.24, 2.45) is 5.92 Å². The molecule has 2 N–H and O–H groups in total. The van der Waals surface area contributed by atoms with Crippen molar-refractivity contribution in [3.63, 3.8) is 0 Å². The van der Waals surface area contributed by atoms with E-state index in [2.05, 4.69) is 5.32 Å². The molecule has 2 rings (SSSR count). The van der Waals surface area contributed by atoms with Crippen molar-refractivity contribution in [2.45, 2.75) is 51.0 Å². The molecule has 0 aromatic heterocycles. The number of carboxylic acid groups (broad SMARTS) is 1. The van der Waals surface area contributed by atoms with Crippen LogP contribution in [0.2, 0.25) is 0 Å². The van der Waals surface area contributed by atoms with Crippen molar-refractivity contribution in [1.82, 2.24) is 10.2 Å². The molecule has 0 radical (unpaired) electrons. The summed E-state index contributed by atoms with van der Waals surface area (Å²) in [6, 6.07) is -1.24. The smallest absolute Gasteiger partial charge is 0.326 e. The maximum absolute atomic E-state index is 12.0. The summed E-state index contributed by atoms with van der Waals surface area (Å²) in [4.78, 5) is 82.2. The van der Waals surface area contributed by atoms with E-state index >= 15 is 0 Å². The molecule has 0 saturated heterocycles. The molecule has 0 aromatic rings. The van der Waals surface area contributed by atoms with E-state index in [4.69, 9.17) is 0 Å². The standard InChI is InChI=1S/C21H24N2O8/c24-13(3-1-4-14-16(25)8-9-17(14)26)6-7-15(21(30)31)22-18(27)5-2-12-23-19(28)10-11-20(23)29/h8-11,14-15H,1-7,12H2,(H,22,27)(H,30,31)/t15-/m0/s1. The Morgan fingerprint density at radius 1 is 0.903 bits per heavy atom. The van der Waals surface area contributed by atoms with Gasteiger partial charge in [-0.05, 0) is 37.8 Å². The van der Waals surface area contributed by atoms with Crippen LogP contribution >= 0.6 is 0 Å². The number of aliphatic carboxylic acids is 1. The van der Waals surface area contributed by atoms with E-state index < -0.39 is 35.7 Å². The number of nitrogens with one attached hydrogen (secondary N) is 1. The van der Waals surface area contributed by atoms with Crippen molar-refractivity contribution in [3.05, 3.63) is 24.3 Å². The minimum atomic E-state index is -1.27. The summed E-state index contributed by atoms with van der Waals surface area (Å²) in [5.74, 6) is -4.20. The maximum atomic E-state index is 12.0. The van der Waals surface area contributed by atoms with Crippen LogP contribution in [-0.2, 0) is 33.6 Å². The lowest BCUT2D eigenvalue weighted by molar-refractivity contribution is -0.142. The monoisotopic (exact) mass is 432 g/mol. The summed E-state index contributed by atoms with van der Waals surface area (Å²) in [7, 11) is 0. The lowest BCUT2D eigenvalue weighted by Gasteiger charge is -2.16. The topological polar surface area (TPSA) is 155 Å². The first-order valence-electron chi connectivity index (χ1n) is 10.0. The number of ketones is 3. The summed E-state index contributed by atoms with van der Waals surface area (Å²) in [6.07, 6.45) is 5.42. The van der Waals surface area contributed by atoms with Gasteiger partial charge in [-0.25, -0.2) is 4.79 Å². The van der Waals surface area contributed by atoms with Gasteiger partial charge in [-0.1, -0.05) is 0 Å². The summed E-state index contributed by atoms with van der Waals surface area (Å²) in [5.41, 5.74) is 0. The SMILES string of the molecule is O=C(CCCC1C(=O)C=CC1=O)CC[C@H](NC(=O)CCCN1C(=O)C=CC1=O)C(=O)O. The third-order valence-electron chi connectivity index (χ3n) is 5.08. The molecule has 0 bridgehead atoms. The van der Waals surface area contributed by atoms with Gasteiger partial charge in [-0.15, -0.1) is 0 Å². The molecular weight excluding hydrogens is 408 g/mol. The normalized spacial score (nSPS) is 17.0. The summed E-state index contributed by atoms with van der Waals surface area (Å²) < 4.78 is 0. The molecule has 1 heterocycles. The Bertz CT molecular complexity index is 821. The van der Waals surface area contributed by atoms with Gasteiger partial charge in [0.25, 0.3) is 11.8 Å². The highest BCUT2D eigenvalue weighted by Gasteiger charge is 2.28. The number of amides is 3. The molecule has 10 nitrogen and oxygen atoms in total. The molecule has 31 heavy (non-hydrogen) atoms.